The van der Waals surface area contributed by atoms with Gasteiger partial charge in [-0.1, -0.05) is 46.3 Å². The fourth-order valence-electron chi connectivity index (χ4n) is 3.60. The van der Waals surface area contributed by atoms with Gasteiger partial charge in [-0.15, -0.1) is 0 Å². The number of hydrogen-bond acceptors (Lipinski definition) is 3. The molecule has 3 aromatic carbocycles. The smallest absolute Gasteiger partial charge is 0.264 e. The lowest BCUT2D eigenvalue weighted by Crippen LogP contribution is -2.29. The molecule has 1 amide bonds. The molecule has 1 atom stereocenters. The second kappa shape index (κ2) is 8.24. The number of nitrogens with zero attached hydrogens (tertiary/aromatic N) is 1. The lowest BCUT2D eigenvalue weighted by Gasteiger charge is -2.20. The van der Waals surface area contributed by atoms with Gasteiger partial charge in [0, 0.05) is 16.6 Å². The van der Waals surface area contributed by atoms with Crippen molar-refractivity contribution in [1.82, 2.24) is 5.32 Å². The summed E-state index contributed by atoms with van der Waals surface area (Å²) in [4.78, 5) is 13.0. The Labute approximate surface area is 184 Å². The summed E-state index contributed by atoms with van der Waals surface area (Å²) >= 11 is 3.33. The van der Waals surface area contributed by atoms with Gasteiger partial charge in [-0.25, -0.2) is 8.42 Å². The maximum absolute atomic E-state index is 13.1. The molecule has 0 aliphatic carbocycles. The normalized spacial score (nSPS) is 14.3. The van der Waals surface area contributed by atoms with E-state index in [1.807, 2.05) is 37.3 Å². The molecule has 0 bridgehead atoms. The SMILES string of the molecule is CC(NC(=O)c1ccc2c(c1)CCN2S(=O)(=O)c1ccc(Br)cc1)c1ccccc1. The van der Waals surface area contributed by atoms with Crippen LogP contribution in [-0.4, -0.2) is 20.9 Å². The number of nitrogens with one attached hydrogen (secondary N) is 1. The number of fused-ring (bicyclic) bond motifs is 1. The van der Waals surface area contributed by atoms with Crippen LogP contribution in [0.1, 0.15) is 34.5 Å². The van der Waals surface area contributed by atoms with Crippen LogP contribution in [0.2, 0.25) is 0 Å². The minimum atomic E-state index is -3.65. The quantitative estimate of drug-likeness (QED) is 0.570. The standard InChI is InChI=1S/C23H21BrN2O3S/c1-16(17-5-3-2-4-6-17)25-23(27)19-7-12-22-18(15-19)13-14-26(22)30(28,29)21-10-8-20(24)9-11-21/h2-12,15-16H,13-14H2,1H3,(H,25,27). The third-order valence-electron chi connectivity index (χ3n) is 5.24. The zero-order valence-corrected chi connectivity index (χ0v) is 18.8. The van der Waals surface area contributed by atoms with Gasteiger partial charge in [0.15, 0.2) is 0 Å². The maximum atomic E-state index is 13.1. The van der Waals surface area contributed by atoms with Crippen molar-refractivity contribution < 1.29 is 13.2 Å². The predicted octanol–water partition coefficient (Wildman–Crippen LogP) is 4.69. The Morgan fingerprint density at radius 3 is 2.43 bits per heavy atom. The van der Waals surface area contributed by atoms with Gasteiger partial charge in [0.25, 0.3) is 15.9 Å². The molecule has 7 heteroatoms. The number of hydrogen-bond donors (Lipinski definition) is 1. The summed E-state index contributed by atoms with van der Waals surface area (Å²) in [5, 5.41) is 3.00. The van der Waals surface area contributed by atoms with Gasteiger partial charge in [-0.05, 0) is 66.9 Å². The van der Waals surface area contributed by atoms with Crippen molar-refractivity contribution >= 4 is 37.5 Å². The van der Waals surface area contributed by atoms with E-state index in [0.29, 0.717) is 24.2 Å². The zero-order chi connectivity index (χ0) is 21.3. The van der Waals surface area contributed by atoms with E-state index in [0.717, 1.165) is 15.6 Å². The first-order chi connectivity index (χ1) is 14.4. The van der Waals surface area contributed by atoms with Crippen LogP contribution in [0.4, 0.5) is 5.69 Å². The molecule has 30 heavy (non-hydrogen) atoms. The van der Waals surface area contributed by atoms with Crippen LogP contribution in [0, 0.1) is 0 Å². The molecule has 1 unspecified atom stereocenters. The van der Waals surface area contributed by atoms with Gasteiger partial charge in [0.1, 0.15) is 0 Å². The Hall–Kier alpha value is -2.64. The lowest BCUT2D eigenvalue weighted by atomic mass is 10.1. The van der Waals surface area contributed by atoms with E-state index in [4.69, 9.17) is 0 Å². The van der Waals surface area contributed by atoms with E-state index >= 15 is 0 Å². The number of benzene rings is 3. The fourth-order valence-corrected chi connectivity index (χ4v) is 5.37. The Bertz CT molecular complexity index is 1180. The average Bonchev–Trinajstić information content (AvgIpc) is 3.18. The van der Waals surface area contributed by atoms with Gasteiger partial charge in [-0.2, -0.15) is 0 Å². The first kappa shape index (κ1) is 20.6. The number of carbonyl (C=O) groups is 1. The maximum Gasteiger partial charge on any atom is 0.264 e. The second-order valence-electron chi connectivity index (χ2n) is 7.23. The molecule has 0 saturated carbocycles. The number of rotatable bonds is 5. The predicted molar refractivity (Wildman–Crippen MR) is 121 cm³/mol. The highest BCUT2D eigenvalue weighted by Crippen LogP contribution is 2.34. The van der Waals surface area contributed by atoms with Crippen molar-refractivity contribution in [1.29, 1.82) is 0 Å². The third kappa shape index (κ3) is 4.00. The van der Waals surface area contributed by atoms with Gasteiger partial charge in [-0.3, -0.25) is 9.10 Å². The highest BCUT2D eigenvalue weighted by Gasteiger charge is 2.31. The molecule has 0 radical (unpaired) electrons. The molecule has 3 aromatic rings. The van der Waals surface area contributed by atoms with Crippen LogP contribution in [0.5, 0.6) is 0 Å². The molecule has 1 aliphatic rings. The molecule has 1 N–H and O–H groups in total. The zero-order valence-electron chi connectivity index (χ0n) is 16.4. The average molecular weight is 485 g/mol. The van der Waals surface area contributed by atoms with Crippen molar-refractivity contribution in [3.05, 3.63) is 94.0 Å². The summed E-state index contributed by atoms with van der Waals surface area (Å²) in [7, 11) is -3.65. The van der Waals surface area contributed by atoms with Gasteiger partial charge < -0.3 is 5.32 Å². The highest BCUT2D eigenvalue weighted by molar-refractivity contribution is 9.10. The Morgan fingerprint density at radius 1 is 1.03 bits per heavy atom. The van der Waals surface area contributed by atoms with E-state index in [9.17, 15) is 13.2 Å². The van der Waals surface area contributed by atoms with Gasteiger partial charge in [0.05, 0.1) is 16.6 Å². The molecule has 1 heterocycles. The first-order valence-electron chi connectivity index (χ1n) is 9.63. The van der Waals surface area contributed by atoms with Crippen molar-refractivity contribution in [3.63, 3.8) is 0 Å². The molecule has 1 aliphatic heterocycles. The molecular formula is C23H21BrN2O3S. The summed E-state index contributed by atoms with van der Waals surface area (Å²) in [6.45, 7) is 2.30. The molecule has 5 nitrogen and oxygen atoms in total. The molecular weight excluding hydrogens is 464 g/mol. The first-order valence-corrected chi connectivity index (χ1v) is 11.9. The highest BCUT2D eigenvalue weighted by atomic mass is 79.9. The summed E-state index contributed by atoms with van der Waals surface area (Å²) in [6.07, 6.45) is 0.570. The fraction of sp³-hybridized carbons (Fsp3) is 0.174. The van der Waals surface area contributed by atoms with E-state index in [-0.39, 0.29) is 16.8 Å². The summed E-state index contributed by atoms with van der Waals surface area (Å²) in [6, 6.07) is 21.4. The molecule has 0 saturated heterocycles. The van der Waals surface area contributed by atoms with Gasteiger partial charge in [0.2, 0.25) is 0 Å². The van der Waals surface area contributed by atoms with Crippen LogP contribution in [0.3, 0.4) is 0 Å². The number of sulfonamides is 1. The van der Waals surface area contributed by atoms with Crippen LogP contribution in [-0.2, 0) is 16.4 Å². The Balaban J connectivity index is 1.55. The van der Waals surface area contributed by atoms with E-state index in [1.165, 1.54) is 4.31 Å². The van der Waals surface area contributed by atoms with Crippen molar-refractivity contribution in [3.8, 4) is 0 Å². The molecule has 4 rings (SSSR count). The van der Waals surface area contributed by atoms with Crippen molar-refractivity contribution in [2.75, 3.05) is 10.8 Å². The van der Waals surface area contributed by atoms with Crippen LogP contribution < -0.4 is 9.62 Å². The number of halogens is 1. The summed E-state index contributed by atoms with van der Waals surface area (Å²) in [5.41, 5.74) is 3.04. The monoisotopic (exact) mass is 484 g/mol. The molecule has 0 spiro atoms. The molecule has 154 valence electrons. The summed E-state index contributed by atoms with van der Waals surface area (Å²) in [5.74, 6) is -0.177. The largest absolute Gasteiger partial charge is 0.346 e. The van der Waals surface area contributed by atoms with Crippen LogP contribution in [0.25, 0.3) is 0 Å². The summed E-state index contributed by atoms with van der Waals surface area (Å²) < 4.78 is 28.4. The topological polar surface area (TPSA) is 66.5 Å². The van der Waals surface area contributed by atoms with E-state index in [2.05, 4.69) is 21.2 Å². The molecule has 0 aromatic heterocycles. The van der Waals surface area contributed by atoms with E-state index < -0.39 is 10.0 Å². The van der Waals surface area contributed by atoms with Crippen molar-refractivity contribution in [2.45, 2.75) is 24.3 Å². The van der Waals surface area contributed by atoms with Crippen LogP contribution >= 0.6 is 15.9 Å². The second-order valence-corrected chi connectivity index (χ2v) is 10.0. The lowest BCUT2D eigenvalue weighted by molar-refractivity contribution is 0.0940. The Morgan fingerprint density at radius 2 is 1.73 bits per heavy atom. The van der Waals surface area contributed by atoms with Crippen LogP contribution in [0.15, 0.2) is 82.2 Å². The third-order valence-corrected chi connectivity index (χ3v) is 7.60. The van der Waals surface area contributed by atoms with Crippen molar-refractivity contribution in [2.24, 2.45) is 0 Å². The Kier molecular flexibility index (Phi) is 5.66. The number of amides is 1. The minimum absolute atomic E-state index is 0.124. The van der Waals surface area contributed by atoms with Gasteiger partial charge >= 0.3 is 0 Å². The molecule has 0 fully saturated rings. The number of anilines is 1. The number of carbonyl (C=O) groups excluding carboxylic acids is 1. The van der Waals surface area contributed by atoms with E-state index in [1.54, 1.807) is 42.5 Å². The minimum Gasteiger partial charge on any atom is -0.346 e.